The Morgan fingerprint density at radius 1 is 1.20 bits per heavy atom. The number of hydrogen-bond acceptors (Lipinski definition) is 4. The number of H-pyrrole nitrogens is 1. The van der Waals surface area contributed by atoms with Crippen LogP contribution < -0.4 is 5.32 Å². The van der Waals surface area contributed by atoms with Crippen molar-refractivity contribution in [3.63, 3.8) is 0 Å². The summed E-state index contributed by atoms with van der Waals surface area (Å²) in [6.45, 7) is 0. The lowest BCUT2D eigenvalue weighted by Crippen LogP contribution is -2.44. The van der Waals surface area contributed by atoms with Crippen LogP contribution in [0.1, 0.15) is 32.7 Å². The molecule has 2 aromatic rings. The minimum Gasteiger partial charge on any atom is -0.467 e. The molecule has 12 heteroatoms. The van der Waals surface area contributed by atoms with Crippen LogP contribution in [0.3, 0.4) is 0 Å². The lowest BCUT2D eigenvalue weighted by molar-refractivity contribution is -0.143. The number of nitrogens with zero attached hydrogens (tertiary/aromatic N) is 1. The zero-order chi connectivity index (χ0) is 22.7. The second-order valence-electron chi connectivity index (χ2n) is 5.92. The Morgan fingerprint density at radius 2 is 1.77 bits per heavy atom. The Morgan fingerprint density at radius 3 is 2.17 bits per heavy atom. The van der Waals surface area contributed by atoms with Crippen molar-refractivity contribution in [2.45, 2.75) is 24.8 Å². The van der Waals surface area contributed by atoms with Crippen LogP contribution in [0, 0.1) is 12.3 Å². The zero-order valence-corrected chi connectivity index (χ0v) is 15.1. The first-order valence-corrected chi connectivity index (χ1v) is 8.03. The lowest BCUT2D eigenvalue weighted by Gasteiger charge is -2.21. The summed E-state index contributed by atoms with van der Waals surface area (Å²) >= 11 is 0. The van der Waals surface area contributed by atoms with Crippen molar-refractivity contribution in [1.82, 2.24) is 15.3 Å². The number of aromatic amines is 1. The molecule has 0 fully saturated rings. The molecule has 0 saturated heterocycles. The Labute approximate surface area is 165 Å². The van der Waals surface area contributed by atoms with E-state index in [1.807, 2.05) is 5.32 Å². The molecule has 0 spiro atoms. The van der Waals surface area contributed by atoms with Crippen molar-refractivity contribution in [3.05, 3.63) is 52.6 Å². The third-order valence-electron chi connectivity index (χ3n) is 3.91. The lowest BCUT2D eigenvalue weighted by atomic mass is 9.95. The van der Waals surface area contributed by atoms with E-state index in [1.165, 1.54) is 12.5 Å². The maximum atomic E-state index is 13.4. The monoisotopic (exact) mass is 433 g/mol. The number of nitrogens with one attached hydrogen (secondary N) is 2. The number of carbonyl (C=O) groups is 2. The molecule has 1 aromatic carbocycles. The van der Waals surface area contributed by atoms with Crippen molar-refractivity contribution in [3.8, 4) is 12.3 Å². The summed E-state index contributed by atoms with van der Waals surface area (Å²) in [7, 11) is 0.943. The van der Waals surface area contributed by atoms with E-state index >= 15 is 0 Å². The predicted octanol–water partition coefficient (Wildman–Crippen LogP) is 2.94. The molecule has 30 heavy (non-hydrogen) atoms. The molecule has 0 radical (unpaired) electrons. The number of benzene rings is 1. The first-order chi connectivity index (χ1) is 13.9. The normalized spacial score (nSPS) is 12.7. The number of hydrogen-bond donors (Lipinski definition) is 2. The Balaban J connectivity index is 2.58. The molecule has 0 aliphatic heterocycles. The van der Waals surface area contributed by atoms with Gasteiger partial charge in [0.05, 0.1) is 30.1 Å². The van der Waals surface area contributed by atoms with Gasteiger partial charge in [0, 0.05) is 23.9 Å². The summed E-state index contributed by atoms with van der Waals surface area (Å²) in [4.78, 5) is 30.7. The smallest absolute Gasteiger partial charge is 0.417 e. The number of carbonyl (C=O) groups excluding carboxylic acids is 2. The summed E-state index contributed by atoms with van der Waals surface area (Å²) in [6.07, 6.45) is -3.53. The van der Waals surface area contributed by atoms with E-state index in [9.17, 15) is 35.9 Å². The second kappa shape index (κ2) is 8.48. The van der Waals surface area contributed by atoms with E-state index < -0.39 is 52.5 Å². The molecule has 1 atom stereocenters. The van der Waals surface area contributed by atoms with E-state index in [0.29, 0.717) is 0 Å². The third-order valence-corrected chi connectivity index (χ3v) is 3.91. The van der Waals surface area contributed by atoms with Crippen LogP contribution in [-0.4, -0.2) is 35.0 Å². The van der Waals surface area contributed by atoms with Gasteiger partial charge in [-0.2, -0.15) is 26.3 Å². The van der Waals surface area contributed by atoms with Crippen molar-refractivity contribution in [2.24, 2.45) is 0 Å². The van der Waals surface area contributed by atoms with E-state index in [-0.39, 0.29) is 24.2 Å². The van der Waals surface area contributed by atoms with Crippen LogP contribution in [0.4, 0.5) is 26.3 Å². The van der Waals surface area contributed by atoms with Gasteiger partial charge >= 0.3 is 18.3 Å². The average Bonchev–Trinajstić information content (AvgIpc) is 3.17. The van der Waals surface area contributed by atoms with Gasteiger partial charge in [0.25, 0.3) is 5.91 Å². The average molecular weight is 433 g/mol. The quantitative estimate of drug-likeness (QED) is 0.432. The van der Waals surface area contributed by atoms with E-state index in [2.05, 4.69) is 14.7 Å². The Hall–Kier alpha value is -3.49. The van der Waals surface area contributed by atoms with Crippen LogP contribution >= 0.6 is 0 Å². The summed E-state index contributed by atoms with van der Waals surface area (Å²) in [5, 5.41) is 1.87. The molecule has 160 valence electrons. The molecule has 0 aliphatic rings. The Bertz CT molecular complexity index is 940. The van der Waals surface area contributed by atoms with Gasteiger partial charge in [0.15, 0.2) is 0 Å². The molecule has 0 unspecified atom stereocenters. The molecule has 0 bridgehead atoms. The van der Waals surface area contributed by atoms with E-state index in [1.54, 1.807) is 5.92 Å². The van der Waals surface area contributed by atoms with Crippen LogP contribution in [0.2, 0.25) is 0 Å². The van der Waals surface area contributed by atoms with E-state index in [4.69, 9.17) is 6.42 Å². The highest BCUT2D eigenvalue weighted by atomic mass is 19.4. The van der Waals surface area contributed by atoms with Gasteiger partial charge in [0.2, 0.25) is 0 Å². The Kier molecular flexibility index (Phi) is 6.44. The number of terminal acetylenes is 1. The number of halogens is 6. The summed E-state index contributed by atoms with van der Waals surface area (Å²) in [5.74, 6) is -1.15. The van der Waals surface area contributed by atoms with Gasteiger partial charge in [0.1, 0.15) is 6.04 Å². The number of methoxy groups -OCH3 is 1. The van der Waals surface area contributed by atoms with E-state index in [0.717, 1.165) is 7.11 Å². The highest BCUT2D eigenvalue weighted by Gasteiger charge is 2.44. The van der Waals surface area contributed by atoms with Gasteiger partial charge < -0.3 is 15.0 Å². The van der Waals surface area contributed by atoms with Gasteiger partial charge in [-0.25, -0.2) is 9.78 Å². The number of aromatic nitrogens is 2. The fraction of sp³-hybridized carbons (Fsp3) is 0.278. The number of ether oxygens (including phenoxy) is 1. The van der Waals surface area contributed by atoms with Crippen LogP contribution in [0.15, 0.2) is 24.7 Å². The molecule has 1 amide bonds. The fourth-order valence-corrected chi connectivity index (χ4v) is 2.60. The van der Waals surface area contributed by atoms with Crippen molar-refractivity contribution in [2.75, 3.05) is 7.11 Å². The van der Waals surface area contributed by atoms with Crippen molar-refractivity contribution >= 4 is 11.9 Å². The number of alkyl halides is 6. The first kappa shape index (κ1) is 22.8. The third kappa shape index (κ3) is 5.11. The standard InChI is InChI=1S/C18H13F6N3O3/c1-3-9-4-11(17(19,20)21)14(12(5-9)18(22,23)24)15(28)27-13(16(29)30-2)6-10-7-25-8-26-10/h1,4-5,7-8,13H,6H2,2H3,(H,25,26)(H,27,28)/t13-/m1/s1. The summed E-state index contributed by atoms with van der Waals surface area (Å²) in [5.41, 5.74) is -5.90. The van der Waals surface area contributed by atoms with Crippen LogP contribution in [0.25, 0.3) is 0 Å². The molecule has 1 aromatic heterocycles. The molecule has 1 heterocycles. The second-order valence-corrected chi connectivity index (χ2v) is 5.92. The predicted molar refractivity (Wildman–Crippen MR) is 89.9 cm³/mol. The SMILES string of the molecule is C#Cc1cc(C(F)(F)F)c(C(=O)N[C@H](Cc2cnc[nH]2)C(=O)OC)c(C(F)(F)F)c1. The summed E-state index contributed by atoms with van der Waals surface area (Å²) < 4.78 is 85.1. The zero-order valence-electron chi connectivity index (χ0n) is 15.1. The molecule has 0 saturated carbocycles. The number of rotatable bonds is 5. The minimum absolute atomic E-state index is 0.256. The number of imidazole rings is 1. The van der Waals surface area contributed by atoms with Gasteiger partial charge in [-0.3, -0.25) is 4.79 Å². The molecule has 0 aliphatic carbocycles. The maximum Gasteiger partial charge on any atom is 0.417 e. The van der Waals surface area contributed by atoms with Crippen molar-refractivity contribution in [1.29, 1.82) is 0 Å². The maximum absolute atomic E-state index is 13.4. The number of esters is 1. The molecule has 2 N–H and O–H groups in total. The topological polar surface area (TPSA) is 84.1 Å². The van der Waals surface area contributed by atoms with Crippen LogP contribution in [-0.2, 0) is 28.3 Å². The van der Waals surface area contributed by atoms with Gasteiger partial charge in [-0.15, -0.1) is 6.42 Å². The summed E-state index contributed by atoms with van der Waals surface area (Å²) in [6, 6.07) is -1.07. The minimum atomic E-state index is -5.33. The first-order valence-electron chi connectivity index (χ1n) is 8.03. The molecule has 6 nitrogen and oxygen atoms in total. The molecule has 2 rings (SSSR count). The number of amides is 1. The van der Waals surface area contributed by atoms with Crippen LogP contribution in [0.5, 0.6) is 0 Å². The van der Waals surface area contributed by atoms with Crippen molar-refractivity contribution < 1.29 is 40.7 Å². The van der Waals surface area contributed by atoms with Gasteiger partial charge in [-0.1, -0.05) is 5.92 Å². The largest absolute Gasteiger partial charge is 0.467 e. The van der Waals surface area contributed by atoms with Gasteiger partial charge in [-0.05, 0) is 12.1 Å². The fourth-order valence-electron chi connectivity index (χ4n) is 2.60. The molecular weight excluding hydrogens is 420 g/mol. The molecular formula is C18H13F6N3O3. The highest BCUT2D eigenvalue weighted by molar-refractivity contribution is 6.00. The highest BCUT2D eigenvalue weighted by Crippen LogP contribution is 2.40.